The van der Waals surface area contributed by atoms with Gasteiger partial charge in [-0.3, -0.25) is 5.32 Å². The summed E-state index contributed by atoms with van der Waals surface area (Å²) in [7, 11) is 0. The van der Waals surface area contributed by atoms with Crippen LogP contribution in [0.1, 0.15) is 32.1 Å². The molecule has 1 fully saturated rings. The summed E-state index contributed by atoms with van der Waals surface area (Å²) in [6, 6.07) is 0.284. The first-order chi connectivity index (χ1) is 4.79. The van der Waals surface area contributed by atoms with E-state index in [2.05, 4.69) is 5.32 Å². The quantitative estimate of drug-likeness (QED) is 0.619. The van der Waals surface area contributed by atoms with Crippen LogP contribution in [0.5, 0.6) is 0 Å². The first-order valence-corrected chi connectivity index (χ1v) is 4.11. The molecule has 1 radical (unpaired) electrons. The highest BCUT2D eigenvalue weighted by Crippen LogP contribution is 2.19. The zero-order valence-electron chi connectivity index (χ0n) is 5.87. The number of rotatable bonds is 2. The molecule has 0 aliphatic heterocycles. The molecule has 59 valence electrons. The summed E-state index contributed by atoms with van der Waals surface area (Å²) in [5.41, 5.74) is 0. The van der Waals surface area contributed by atoms with E-state index >= 15 is 0 Å². The first-order valence-electron chi connectivity index (χ1n) is 3.73. The highest BCUT2D eigenvalue weighted by molar-refractivity contribution is 6.25. The van der Waals surface area contributed by atoms with Gasteiger partial charge in [-0.05, 0) is 12.8 Å². The maximum Gasteiger partial charge on any atom is 0.299 e. The molecule has 0 aromatic rings. The first kappa shape index (κ1) is 8.28. The van der Waals surface area contributed by atoms with E-state index in [4.69, 9.17) is 11.6 Å². The van der Waals surface area contributed by atoms with Gasteiger partial charge in [-0.15, -0.1) is 0 Å². The Morgan fingerprint density at radius 2 is 1.90 bits per heavy atom. The molecule has 0 saturated heterocycles. The van der Waals surface area contributed by atoms with Crippen LogP contribution in [0.3, 0.4) is 0 Å². The molecular formula is C7H12ClFN. The molecular weight excluding hydrogens is 153 g/mol. The van der Waals surface area contributed by atoms with Gasteiger partial charge >= 0.3 is 0 Å². The summed E-state index contributed by atoms with van der Waals surface area (Å²) in [5.74, 6) is -0.660. The number of nitrogens with one attached hydrogen (secondary N) is 1. The minimum Gasteiger partial charge on any atom is -0.264 e. The summed E-state index contributed by atoms with van der Waals surface area (Å²) in [4.78, 5) is 0. The topological polar surface area (TPSA) is 12.0 Å². The molecule has 0 heterocycles. The highest BCUT2D eigenvalue weighted by Gasteiger charge is 2.15. The van der Waals surface area contributed by atoms with E-state index in [1.165, 1.54) is 19.3 Å². The Morgan fingerprint density at radius 1 is 1.30 bits per heavy atom. The van der Waals surface area contributed by atoms with E-state index in [1.807, 2.05) is 0 Å². The molecule has 0 unspecified atom stereocenters. The third-order valence-corrected chi connectivity index (χ3v) is 2.03. The minimum absolute atomic E-state index is 0.284. The maximum absolute atomic E-state index is 12.1. The van der Waals surface area contributed by atoms with Gasteiger partial charge in [-0.25, -0.2) is 4.39 Å². The Balaban J connectivity index is 2.13. The Morgan fingerprint density at radius 3 is 2.40 bits per heavy atom. The lowest BCUT2D eigenvalue weighted by Crippen LogP contribution is -2.30. The fourth-order valence-corrected chi connectivity index (χ4v) is 1.56. The van der Waals surface area contributed by atoms with E-state index in [-0.39, 0.29) is 6.04 Å². The van der Waals surface area contributed by atoms with E-state index in [9.17, 15) is 4.39 Å². The number of hydrogen-bond donors (Lipinski definition) is 1. The SMILES string of the molecule is F[C](Cl)NC1CCCCC1. The summed E-state index contributed by atoms with van der Waals surface area (Å²) in [6.45, 7) is 0. The van der Waals surface area contributed by atoms with Crippen LogP contribution < -0.4 is 5.32 Å². The lowest BCUT2D eigenvalue weighted by molar-refractivity contribution is 0.347. The van der Waals surface area contributed by atoms with Gasteiger partial charge in [0.05, 0.1) is 0 Å². The van der Waals surface area contributed by atoms with Crippen LogP contribution in [0.25, 0.3) is 0 Å². The lowest BCUT2D eigenvalue weighted by Gasteiger charge is -2.21. The Hall–Kier alpha value is 0.180. The van der Waals surface area contributed by atoms with E-state index in [0.29, 0.717) is 0 Å². The summed E-state index contributed by atoms with van der Waals surface area (Å²) < 4.78 is 12.1. The van der Waals surface area contributed by atoms with Gasteiger partial charge in [0, 0.05) is 6.04 Å². The van der Waals surface area contributed by atoms with Crippen molar-refractivity contribution in [2.24, 2.45) is 0 Å². The van der Waals surface area contributed by atoms with E-state index in [0.717, 1.165) is 12.8 Å². The van der Waals surface area contributed by atoms with Crippen molar-refractivity contribution in [3.8, 4) is 0 Å². The van der Waals surface area contributed by atoms with Crippen molar-refractivity contribution in [2.75, 3.05) is 0 Å². The van der Waals surface area contributed by atoms with Crippen molar-refractivity contribution in [1.82, 2.24) is 5.32 Å². The van der Waals surface area contributed by atoms with Gasteiger partial charge in [0.15, 0.2) is 0 Å². The van der Waals surface area contributed by atoms with Gasteiger partial charge in [0.1, 0.15) is 0 Å². The maximum atomic E-state index is 12.1. The largest absolute Gasteiger partial charge is 0.299 e. The summed E-state index contributed by atoms with van der Waals surface area (Å²) in [5, 5.41) is 2.60. The predicted octanol–water partition coefficient (Wildman–Crippen LogP) is 2.56. The second kappa shape index (κ2) is 4.14. The molecule has 1 nitrogen and oxygen atoms in total. The molecule has 1 N–H and O–H groups in total. The Labute approximate surface area is 65.9 Å². The van der Waals surface area contributed by atoms with Gasteiger partial charge in [-0.2, -0.15) is 0 Å². The third-order valence-electron chi connectivity index (χ3n) is 1.92. The molecule has 0 aromatic heterocycles. The molecule has 0 atom stereocenters. The fourth-order valence-electron chi connectivity index (χ4n) is 1.40. The number of halogens is 2. The Kier molecular flexibility index (Phi) is 3.43. The zero-order chi connectivity index (χ0) is 7.40. The molecule has 0 bridgehead atoms. The Bertz CT molecular complexity index is 91.6. The molecule has 0 aromatic carbocycles. The van der Waals surface area contributed by atoms with Crippen LogP contribution in [-0.4, -0.2) is 6.04 Å². The molecule has 1 rings (SSSR count). The van der Waals surface area contributed by atoms with Crippen LogP contribution in [0, 0.1) is 5.75 Å². The van der Waals surface area contributed by atoms with Gasteiger partial charge in [-0.1, -0.05) is 30.9 Å². The van der Waals surface area contributed by atoms with Crippen molar-refractivity contribution >= 4 is 11.6 Å². The van der Waals surface area contributed by atoms with Crippen molar-refractivity contribution in [2.45, 2.75) is 38.1 Å². The third kappa shape index (κ3) is 2.84. The molecule has 1 aliphatic carbocycles. The molecule has 0 spiro atoms. The molecule has 0 amide bonds. The van der Waals surface area contributed by atoms with Crippen molar-refractivity contribution in [1.29, 1.82) is 0 Å². The van der Waals surface area contributed by atoms with Crippen molar-refractivity contribution in [3.63, 3.8) is 0 Å². The predicted molar refractivity (Wildman–Crippen MR) is 40.2 cm³/mol. The second-order valence-electron chi connectivity index (χ2n) is 2.74. The van der Waals surface area contributed by atoms with Crippen LogP contribution in [0.15, 0.2) is 0 Å². The molecule has 1 aliphatic rings. The zero-order valence-corrected chi connectivity index (χ0v) is 6.62. The fraction of sp³-hybridized carbons (Fsp3) is 0.857. The summed E-state index contributed by atoms with van der Waals surface area (Å²) in [6.07, 6.45) is 5.78. The second-order valence-corrected chi connectivity index (χ2v) is 3.07. The molecule has 3 heteroatoms. The van der Waals surface area contributed by atoms with Crippen LogP contribution in [0.2, 0.25) is 0 Å². The minimum atomic E-state index is -0.660. The smallest absolute Gasteiger partial charge is 0.264 e. The van der Waals surface area contributed by atoms with Crippen LogP contribution >= 0.6 is 11.6 Å². The van der Waals surface area contributed by atoms with Gasteiger partial charge < -0.3 is 0 Å². The summed E-state index contributed by atoms with van der Waals surface area (Å²) >= 11 is 5.05. The van der Waals surface area contributed by atoms with Crippen LogP contribution in [-0.2, 0) is 0 Å². The molecule has 1 saturated carbocycles. The average molecular weight is 165 g/mol. The number of hydrogen-bond acceptors (Lipinski definition) is 1. The normalized spacial score (nSPS) is 21.9. The van der Waals surface area contributed by atoms with Gasteiger partial charge in [0.2, 0.25) is 0 Å². The van der Waals surface area contributed by atoms with Crippen molar-refractivity contribution < 1.29 is 4.39 Å². The molecule has 10 heavy (non-hydrogen) atoms. The van der Waals surface area contributed by atoms with Gasteiger partial charge in [0.25, 0.3) is 5.75 Å². The lowest BCUT2D eigenvalue weighted by atomic mass is 9.96. The average Bonchev–Trinajstić information content (AvgIpc) is 1.88. The van der Waals surface area contributed by atoms with E-state index in [1.54, 1.807) is 0 Å². The van der Waals surface area contributed by atoms with Crippen LogP contribution in [0.4, 0.5) is 4.39 Å². The monoisotopic (exact) mass is 164 g/mol. The van der Waals surface area contributed by atoms with E-state index < -0.39 is 5.75 Å². The standard InChI is InChI=1S/C7H12ClFN/c8-7(9)10-6-4-2-1-3-5-6/h6,10H,1-5H2. The highest BCUT2D eigenvalue weighted by atomic mass is 35.5. The van der Waals surface area contributed by atoms with Crippen molar-refractivity contribution in [3.05, 3.63) is 5.75 Å².